The molecular weight excluding hydrogens is 196 g/mol. The molecule has 0 saturated heterocycles. The van der Waals surface area contributed by atoms with Gasteiger partial charge < -0.3 is 5.11 Å². The molecule has 0 saturated carbocycles. The van der Waals surface area contributed by atoms with Crippen molar-refractivity contribution in [3.8, 4) is 0 Å². The van der Waals surface area contributed by atoms with E-state index in [0.717, 1.165) is 19.3 Å². The Labute approximate surface area is 99.3 Å². The summed E-state index contributed by atoms with van der Waals surface area (Å²) in [6, 6.07) is 0. The van der Waals surface area contributed by atoms with Crippen molar-refractivity contribution in [3.05, 3.63) is 23.3 Å². The molecule has 0 fully saturated rings. The lowest BCUT2D eigenvalue weighted by Crippen LogP contribution is -2.31. The van der Waals surface area contributed by atoms with Crippen LogP contribution >= 0.6 is 0 Å². The Morgan fingerprint density at radius 2 is 1.94 bits per heavy atom. The Balaban J connectivity index is 2.27. The lowest BCUT2D eigenvalue weighted by atomic mass is 9.81. The van der Waals surface area contributed by atoms with Crippen molar-refractivity contribution >= 4 is 0 Å². The number of aliphatic hydroxyl groups is 1. The number of rotatable bonds is 1. The maximum absolute atomic E-state index is 10.2. The highest BCUT2D eigenvalue weighted by molar-refractivity contribution is 5.39. The van der Waals surface area contributed by atoms with Crippen LogP contribution in [-0.2, 0) is 0 Å². The maximum atomic E-state index is 10.2. The average Bonchev–Trinajstić information content (AvgIpc) is 2.42. The second-order valence-electron chi connectivity index (χ2n) is 6.14. The van der Waals surface area contributed by atoms with Gasteiger partial charge in [-0.15, -0.1) is 0 Å². The van der Waals surface area contributed by atoms with Crippen LogP contribution in [0.5, 0.6) is 0 Å². The van der Waals surface area contributed by atoms with Gasteiger partial charge in [0.1, 0.15) is 0 Å². The standard InChI is InChI=1S/C15H24O/c1-10-5-7-12(15(3,4)16)9-14-11(2)6-8-13(10)14/h11-12,16H,1,5-9H2,2-4H3/t11?,12-/m1/s1. The molecule has 0 amide bonds. The molecule has 0 aliphatic heterocycles. The topological polar surface area (TPSA) is 20.2 Å². The van der Waals surface area contributed by atoms with Gasteiger partial charge in [0.2, 0.25) is 0 Å². The molecule has 0 radical (unpaired) electrons. The van der Waals surface area contributed by atoms with Gasteiger partial charge in [-0.3, -0.25) is 0 Å². The fourth-order valence-electron chi connectivity index (χ4n) is 3.19. The zero-order valence-electron chi connectivity index (χ0n) is 10.8. The quantitative estimate of drug-likeness (QED) is 0.712. The van der Waals surface area contributed by atoms with Crippen LogP contribution in [0.3, 0.4) is 0 Å². The monoisotopic (exact) mass is 220 g/mol. The van der Waals surface area contributed by atoms with Crippen molar-refractivity contribution in [2.45, 2.75) is 58.5 Å². The van der Waals surface area contributed by atoms with E-state index in [1.165, 1.54) is 18.4 Å². The summed E-state index contributed by atoms with van der Waals surface area (Å²) in [5, 5.41) is 10.2. The third-order valence-electron chi connectivity index (χ3n) is 4.50. The van der Waals surface area contributed by atoms with E-state index in [4.69, 9.17) is 0 Å². The van der Waals surface area contributed by atoms with E-state index in [2.05, 4.69) is 13.5 Å². The summed E-state index contributed by atoms with van der Waals surface area (Å²) in [5.41, 5.74) is 3.92. The van der Waals surface area contributed by atoms with Crippen LogP contribution in [0.1, 0.15) is 52.9 Å². The van der Waals surface area contributed by atoms with E-state index in [1.54, 1.807) is 11.1 Å². The number of hydrogen-bond acceptors (Lipinski definition) is 1. The minimum atomic E-state index is -0.551. The van der Waals surface area contributed by atoms with Crippen molar-refractivity contribution in [2.24, 2.45) is 11.8 Å². The van der Waals surface area contributed by atoms with Crippen LogP contribution in [0.4, 0.5) is 0 Å². The van der Waals surface area contributed by atoms with Gasteiger partial charge in [0, 0.05) is 0 Å². The lowest BCUT2D eigenvalue weighted by Gasteiger charge is -2.29. The van der Waals surface area contributed by atoms with Crippen LogP contribution in [0.25, 0.3) is 0 Å². The molecule has 16 heavy (non-hydrogen) atoms. The molecule has 2 rings (SSSR count). The molecule has 0 heterocycles. The van der Waals surface area contributed by atoms with Crippen LogP contribution in [0.15, 0.2) is 23.3 Å². The van der Waals surface area contributed by atoms with Gasteiger partial charge in [0.25, 0.3) is 0 Å². The zero-order chi connectivity index (χ0) is 11.9. The first-order chi connectivity index (χ1) is 7.39. The SMILES string of the molecule is C=C1CC[C@@H](C(C)(C)O)CC2=C1CCC2C. The van der Waals surface area contributed by atoms with Crippen LogP contribution in [-0.4, -0.2) is 10.7 Å². The highest BCUT2D eigenvalue weighted by Crippen LogP contribution is 2.45. The Kier molecular flexibility index (Phi) is 3.00. The summed E-state index contributed by atoms with van der Waals surface area (Å²) in [6.07, 6.45) is 5.73. The molecule has 1 N–H and O–H groups in total. The van der Waals surface area contributed by atoms with E-state index in [1.807, 2.05) is 13.8 Å². The van der Waals surface area contributed by atoms with Gasteiger partial charge in [-0.25, -0.2) is 0 Å². The molecule has 0 spiro atoms. The molecule has 0 aromatic rings. The number of allylic oxidation sites excluding steroid dienone is 3. The van der Waals surface area contributed by atoms with Crippen molar-refractivity contribution in [1.82, 2.24) is 0 Å². The van der Waals surface area contributed by atoms with Crippen molar-refractivity contribution in [1.29, 1.82) is 0 Å². The molecule has 2 atom stereocenters. The molecule has 1 heteroatoms. The second kappa shape index (κ2) is 4.03. The smallest absolute Gasteiger partial charge is 0.0622 e. The van der Waals surface area contributed by atoms with Crippen LogP contribution in [0.2, 0.25) is 0 Å². The van der Waals surface area contributed by atoms with E-state index in [-0.39, 0.29) is 0 Å². The van der Waals surface area contributed by atoms with E-state index in [0.29, 0.717) is 11.8 Å². The summed E-state index contributed by atoms with van der Waals surface area (Å²) in [6.45, 7) is 10.5. The first-order valence-electron chi connectivity index (χ1n) is 6.52. The normalized spacial score (nSPS) is 31.6. The lowest BCUT2D eigenvalue weighted by molar-refractivity contribution is 0.0134. The third kappa shape index (κ3) is 2.10. The highest BCUT2D eigenvalue weighted by Gasteiger charge is 2.34. The summed E-state index contributed by atoms with van der Waals surface area (Å²) >= 11 is 0. The molecule has 90 valence electrons. The minimum absolute atomic E-state index is 0.400. The molecule has 2 aliphatic carbocycles. The summed E-state index contributed by atoms with van der Waals surface area (Å²) in [4.78, 5) is 0. The van der Waals surface area contributed by atoms with Crippen LogP contribution in [0, 0.1) is 11.8 Å². The Morgan fingerprint density at radius 1 is 1.25 bits per heavy atom. The first kappa shape index (κ1) is 11.9. The van der Waals surface area contributed by atoms with Crippen molar-refractivity contribution in [3.63, 3.8) is 0 Å². The molecule has 0 bridgehead atoms. The summed E-state index contributed by atoms with van der Waals surface area (Å²) in [7, 11) is 0. The predicted octanol–water partition coefficient (Wildman–Crippen LogP) is 3.84. The maximum Gasteiger partial charge on any atom is 0.0622 e. The van der Waals surface area contributed by atoms with Gasteiger partial charge in [-0.05, 0) is 63.4 Å². The Hall–Kier alpha value is -0.560. The van der Waals surface area contributed by atoms with Gasteiger partial charge in [-0.2, -0.15) is 0 Å². The Morgan fingerprint density at radius 3 is 2.56 bits per heavy atom. The van der Waals surface area contributed by atoms with Crippen LogP contribution < -0.4 is 0 Å². The summed E-state index contributed by atoms with van der Waals surface area (Å²) < 4.78 is 0. The van der Waals surface area contributed by atoms with E-state index < -0.39 is 5.60 Å². The molecular formula is C15H24O. The average molecular weight is 220 g/mol. The molecule has 0 aromatic carbocycles. The Bertz CT molecular complexity index is 330. The highest BCUT2D eigenvalue weighted by atomic mass is 16.3. The fraction of sp³-hybridized carbons (Fsp3) is 0.733. The molecule has 1 nitrogen and oxygen atoms in total. The van der Waals surface area contributed by atoms with Gasteiger partial charge in [0.15, 0.2) is 0 Å². The summed E-state index contributed by atoms with van der Waals surface area (Å²) in [5.74, 6) is 1.10. The third-order valence-corrected chi connectivity index (χ3v) is 4.50. The van der Waals surface area contributed by atoms with Crippen molar-refractivity contribution in [2.75, 3.05) is 0 Å². The van der Waals surface area contributed by atoms with Gasteiger partial charge >= 0.3 is 0 Å². The largest absolute Gasteiger partial charge is 0.390 e. The molecule has 1 unspecified atom stereocenters. The van der Waals surface area contributed by atoms with E-state index in [9.17, 15) is 5.11 Å². The zero-order valence-corrected chi connectivity index (χ0v) is 10.8. The predicted molar refractivity (Wildman–Crippen MR) is 68.2 cm³/mol. The minimum Gasteiger partial charge on any atom is -0.390 e. The van der Waals surface area contributed by atoms with E-state index >= 15 is 0 Å². The van der Waals surface area contributed by atoms with Gasteiger partial charge in [0.05, 0.1) is 5.60 Å². The van der Waals surface area contributed by atoms with Gasteiger partial charge in [-0.1, -0.05) is 24.6 Å². The first-order valence-corrected chi connectivity index (χ1v) is 6.52. The molecule has 0 aromatic heterocycles. The second-order valence-corrected chi connectivity index (χ2v) is 6.14. The number of hydrogen-bond donors (Lipinski definition) is 1. The van der Waals surface area contributed by atoms with Crippen molar-refractivity contribution < 1.29 is 5.11 Å². The molecule has 2 aliphatic rings. The fourth-order valence-corrected chi connectivity index (χ4v) is 3.19.